The topological polar surface area (TPSA) is 29.1 Å². The lowest BCUT2D eigenvalue weighted by atomic mass is 9.82. The molecule has 1 saturated carbocycles. The smallest absolute Gasteiger partial charge is 0.223 e. The molecule has 1 rings (SSSR count). The van der Waals surface area contributed by atoms with Crippen LogP contribution in [0.4, 0.5) is 0 Å². The summed E-state index contributed by atoms with van der Waals surface area (Å²) in [6.45, 7) is 7.57. The van der Waals surface area contributed by atoms with Crippen LogP contribution in [0, 0.1) is 17.3 Å². The highest BCUT2D eigenvalue weighted by Crippen LogP contribution is 2.29. The summed E-state index contributed by atoms with van der Waals surface area (Å²) >= 11 is 3.46. The summed E-state index contributed by atoms with van der Waals surface area (Å²) in [5, 5.41) is 4.21. The van der Waals surface area contributed by atoms with Gasteiger partial charge in [0, 0.05) is 17.8 Å². The number of halogens is 1. The van der Waals surface area contributed by atoms with Crippen LogP contribution in [-0.2, 0) is 4.79 Å². The first kappa shape index (κ1) is 16.0. The number of amides is 1. The molecule has 1 fully saturated rings. The van der Waals surface area contributed by atoms with E-state index in [9.17, 15) is 4.79 Å². The van der Waals surface area contributed by atoms with Crippen molar-refractivity contribution in [1.29, 1.82) is 0 Å². The number of hydrogen-bond acceptors (Lipinski definition) is 1. The highest BCUT2D eigenvalue weighted by molar-refractivity contribution is 9.09. The minimum absolute atomic E-state index is 0.214. The average Bonchev–Trinajstić information content (AvgIpc) is 2.35. The Kier molecular flexibility index (Phi) is 6.68. The van der Waals surface area contributed by atoms with Crippen LogP contribution in [0.25, 0.3) is 0 Å². The predicted octanol–water partition coefficient (Wildman–Crippen LogP) is 4.13. The Morgan fingerprint density at radius 2 is 1.89 bits per heavy atom. The Bertz CT molecular complexity index is 257. The number of hydrogen-bond donors (Lipinski definition) is 1. The zero-order valence-corrected chi connectivity index (χ0v) is 13.7. The maximum absolute atomic E-state index is 12.1. The van der Waals surface area contributed by atoms with E-state index in [0.29, 0.717) is 0 Å². The molecule has 0 heterocycles. The molecule has 1 amide bonds. The van der Waals surface area contributed by atoms with Crippen LogP contribution < -0.4 is 5.32 Å². The fraction of sp³-hybridized carbons (Fsp3) is 0.933. The summed E-state index contributed by atoms with van der Waals surface area (Å²) in [6, 6.07) is 0. The zero-order valence-electron chi connectivity index (χ0n) is 12.1. The van der Waals surface area contributed by atoms with E-state index in [4.69, 9.17) is 0 Å². The van der Waals surface area contributed by atoms with Crippen molar-refractivity contribution in [1.82, 2.24) is 5.32 Å². The second-order valence-corrected chi connectivity index (χ2v) is 7.42. The number of rotatable bonds is 6. The van der Waals surface area contributed by atoms with Crippen LogP contribution in [-0.4, -0.2) is 17.8 Å². The molecule has 2 nitrogen and oxygen atoms in total. The van der Waals surface area contributed by atoms with Crippen LogP contribution in [0.5, 0.6) is 0 Å². The van der Waals surface area contributed by atoms with Gasteiger partial charge < -0.3 is 5.32 Å². The molecule has 106 valence electrons. The van der Waals surface area contributed by atoms with Gasteiger partial charge in [-0.3, -0.25) is 4.79 Å². The minimum atomic E-state index is 0.214. The summed E-state index contributed by atoms with van der Waals surface area (Å²) in [4.78, 5) is 12.1. The molecule has 18 heavy (non-hydrogen) atoms. The third-order valence-corrected chi connectivity index (χ3v) is 4.68. The van der Waals surface area contributed by atoms with E-state index in [1.54, 1.807) is 0 Å². The van der Waals surface area contributed by atoms with Crippen molar-refractivity contribution >= 4 is 21.8 Å². The number of carbonyl (C=O) groups is 1. The van der Waals surface area contributed by atoms with Gasteiger partial charge >= 0.3 is 0 Å². The lowest BCUT2D eigenvalue weighted by Crippen LogP contribution is -2.38. The third kappa shape index (κ3) is 5.73. The van der Waals surface area contributed by atoms with Crippen molar-refractivity contribution < 1.29 is 4.79 Å². The molecule has 0 bridgehead atoms. The van der Waals surface area contributed by atoms with E-state index < -0.39 is 0 Å². The lowest BCUT2D eigenvalue weighted by molar-refractivity contribution is -0.126. The molecule has 0 saturated heterocycles. The Labute approximate surface area is 120 Å². The van der Waals surface area contributed by atoms with Crippen molar-refractivity contribution in [3.05, 3.63) is 0 Å². The quantitative estimate of drug-likeness (QED) is 0.733. The summed E-state index contributed by atoms with van der Waals surface area (Å²) in [5.41, 5.74) is 0.214. The standard InChI is InChI=1S/C15H28BrNO/c1-12-5-7-13(8-6-12)14(18)17-11-15(2,3)9-4-10-16/h12-13H,4-11H2,1-3H3,(H,17,18). The molecular formula is C15H28BrNO. The van der Waals surface area contributed by atoms with E-state index >= 15 is 0 Å². The summed E-state index contributed by atoms with van der Waals surface area (Å²) in [6.07, 6.45) is 6.91. The first-order valence-electron chi connectivity index (χ1n) is 7.28. The first-order valence-corrected chi connectivity index (χ1v) is 8.40. The molecule has 0 unspecified atom stereocenters. The van der Waals surface area contributed by atoms with E-state index in [0.717, 1.165) is 37.1 Å². The van der Waals surface area contributed by atoms with Crippen molar-refractivity contribution in [3.8, 4) is 0 Å². The average molecular weight is 318 g/mol. The van der Waals surface area contributed by atoms with Gasteiger partial charge in [0.1, 0.15) is 0 Å². The Morgan fingerprint density at radius 1 is 1.28 bits per heavy atom. The Hall–Kier alpha value is -0.0500. The molecule has 0 radical (unpaired) electrons. The number of carbonyl (C=O) groups excluding carboxylic acids is 1. The van der Waals surface area contributed by atoms with Crippen LogP contribution in [0.1, 0.15) is 59.3 Å². The van der Waals surface area contributed by atoms with Gasteiger partial charge in [0.05, 0.1) is 0 Å². The molecule has 1 N–H and O–H groups in total. The minimum Gasteiger partial charge on any atom is -0.355 e. The van der Waals surface area contributed by atoms with Gasteiger partial charge in [-0.15, -0.1) is 0 Å². The van der Waals surface area contributed by atoms with Gasteiger partial charge in [-0.05, 0) is 49.9 Å². The molecule has 0 atom stereocenters. The Balaban J connectivity index is 2.27. The fourth-order valence-electron chi connectivity index (χ4n) is 2.63. The van der Waals surface area contributed by atoms with E-state index in [2.05, 4.69) is 42.0 Å². The summed E-state index contributed by atoms with van der Waals surface area (Å²) in [5.74, 6) is 1.37. The van der Waals surface area contributed by atoms with Crippen molar-refractivity contribution in [3.63, 3.8) is 0 Å². The predicted molar refractivity (Wildman–Crippen MR) is 80.9 cm³/mol. The van der Waals surface area contributed by atoms with Crippen LogP contribution in [0.2, 0.25) is 0 Å². The third-order valence-electron chi connectivity index (χ3n) is 4.12. The van der Waals surface area contributed by atoms with E-state index in [-0.39, 0.29) is 17.2 Å². The summed E-state index contributed by atoms with van der Waals surface area (Å²) < 4.78 is 0. The highest BCUT2D eigenvalue weighted by atomic mass is 79.9. The molecule has 0 spiro atoms. The largest absolute Gasteiger partial charge is 0.355 e. The SMILES string of the molecule is CC1CCC(C(=O)NCC(C)(C)CCCBr)CC1. The van der Waals surface area contributed by atoms with E-state index in [1.165, 1.54) is 19.3 Å². The molecule has 0 aromatic heterocycles. The summed E-state index contributed by atoms with van der Waals surface area (Å²) in [7, 11) is 0. The maximum Gasteiger partial charge on any atom is 0.223 e. The van der Waals surface area contributed by atoms with Crippen molar-refractivity contribution in [2.75, 3.05) is 11.9 Å². The molecule has 1 aliphatic carbocycles. The molecule has 1 aliphatic rings. The van der Waals surface area contributed by atoms with Crippen LogP contribution in [0.3, 0.4) is 0 Å². The van der Waals surface area contributed by atoms with Gasteiger partial charge in [-0.2, -0.15) is 0 Å². The molecule has 0 aromatic carbocycles. The monoisotopic (exact) mass is 317 g/mol. The van der Waals surface area contributed by atoms with Gasteiger partial charge in [0.15, 0.2) is 0 Å². The van der Waals surface area contributed by atoms with E-state index in [1.807, 2.05) is 0 Å². The maximum atomic E-state index is 12.1. The van der Waals surface area contributed by atoms with Gasteiger partial charge in [0.25, 0.3) is 0 Å². The zero-order chi connectivity index (χ0) is 13.6. The number of alkyl halides is 1. The normalized spacial score (nSPS) is 24.9. The van der Waals surface area contributed by atoms with Crippen LogP contribution >= 0.6 is 15.9 Å². The number of nitrogens with one attached hydrogen (secondary N) is 1. The Morgan fingerprint density at radius 3 is 2.44 bits per heavy atom. The van der Waals surface area contributed by atoms with Crippen LogP contribution in [0.15, 0.2) is 0 Å². The van der Waals surface area contributed by atoms with Gasteiger partial charge in [-0.25, -0.2) is 0 Å². The van der Waals surface area contributed by atoms with Crippen molar-refractivity contribution in [2.45, 2.75) is 59.3 Å². The van der Waals surface area contributed by atoms with Crippen molar-refractivity contribution in [2.24, 2.45) is 17.3 Å². The highest BCUT2D eigenvalue weighted by Gasteiger charge is 2.25. The second-order valence-electron chi connectivity index (χ2n) is 6.63. The van der Waals surface area contributed by atoms with Gasteiger partial charge in [0.2, 0.25) is 5.91 Å². The molecule has 0 aliphatic heterocycles. The molecule has 0 aromatic rings. The second kappa shape index (κ2) is 7.52. The fourth-order valence-corrected chi connectivity index (χ4v) is 2.91. The van der Waals surface area contributed by atoms with Gasteiger partial charge in [-0.1, -0.05) is 36.7 Å². The molecule has 3 heteroatoms. The lowest BCUT2D eigenvalue weighted by Gasteiger charge is -2.28. The first-order chi connectivity index (χ1) is 8.44. The molecular weight excluding hydrogens is 290 g/mol.